The second kappa shape index (κ2) is 10.9. The molecule has 174 valence electrons. The Hall–Kier alpha value is -1.44. The summed E-state index contributed by atoms with van der Waals surface area (Å²) >= 11 is 1.28. The number of aliphatic hydroxyl groups excluding tert-OH is 2. The van der Waals surface area contributed by atoms with E-state index in [1.807, 2.05) is 6.07 Å². The molecule has 2 aliphatic carbocycles. The van der Waals surface area contributed by atoms with Crippen molar-refractivity contribution in [3.63, 3.8) is 0 Å². The number of carbonyl (C=O) groups excluding carboxylic acids is 1. The minimum atomic E-state index is -0.993. The van der Waals surface area contributed by atoms with Crippen LogP contribution in [0, 0.1) is 11.8 Å². The molecule has 0 aliphatic heterocycles. The van der Waals surface area contributed by atoms with Gasteiger partial charge in [-0.3, -0.25) is 4.79 Å². The maximum absolute atomic E-state index is 13.5. The number of anilines is 1. The number of hydrogen-bond donors (Lipinski definition) is 3. The lowest BCUT2D eigenvalue weighted by Gasteiger charge is -2.31. The summed E-state index contributed by atoms with van der Waals surface area (Å²) in [6.07, 6.45) is 7.42. The smallest absolute Gasteiger partial charge is 0.348 e. The molecule has 0 bridgehead atoms. The number of aromatic carboxylic acids is 1. The monoisotopic (exact) mass is 451 g/mol. The molecule has 2 saturated carbocycles. The molecule has 1 unspecified atom stereocenters. The van der Waals surface area contributed by atoms with Crippen molar-refractivity contribution in [3.8, 4) is 0 Å². The average Bonchev–Trinajstić information content (AvgIpc) is 3.17. The zero-order chi connectivity index (χ0) is 22.5. The number of aliphatic hydroxyl groups is 2. The number of rotatable bonds is 8. The molecule has 1 aromatic rings. The molecule has 2 fully saturated rings. The van der Waals surface area contributed by atoms with Gasteiger partial charge in [-0.05, 0) is 89.0 Å². The van der Waals surface area contributed by atoms with Gasteiger partial charge in [0.25, 0.3) is 0 Å². The summed E-state index contributed by atoms with van der Waals surface area (Å²) in [7, 11) is 0. The van der Waals surface area contributed by atoms with E-state index in [4.69, 9.17) is 0 Å². The molecular weight excluding hydrogens is 414 g/mol. The van der Waals surface area contributed by atoms with E-state index in [9.17, 15) is 24.9 Å². The van der Waals surface area contributed by atoms with Gasteiger partial charge in [0.2, 0.25) is 5.91 Å². The minimum absolute atomic E-state index is 0.0309. The Kier molecular flexibility index (Phi) is 8.53. The first-order chi connectivity index (χ1) is 14.8. The zero-order valence-corrected chi connectivity index (χ0v) is 19.6. The second-order valence-corrected chi connectivity index (χ2v) is 10.7. The van der Waals surface area contributed by atoms with E-state index in [0.29, 0.717) is 31.0 Å². The minimum Gasteiger partial charge on any atom is -0.477 e. The maximum atomic E-state index is 13.5. The predicted octanol–water partition coefficient (Wildman–Crippen LogP) is 4.79. The molecule has 6 nitrogen and oxygen atoms in total. The van der Waals surface area contributed by atoms with Gasteiger partial charge in [-0.1, -0.05) is 6.92 Å². The van der Waals surface area contributed by atoms with Gasteiger partial charge in [0.1, 0.15) is 4.88 Å². The van der Waals surface area contributed by atoms with E-state index in [-0.39, 0.29) is 28.7 Å². The van der Waals surface area contributed by atoms with Crippen molar-refractivity contribution in [2.45, 2.75) is 96.2 Å². The van der Waals surface area contributed by atoms with Crippen LogP contribution in [0.25, 0.3) is 0 Å². The molecule has 0 radical (unpaired) electrons. The fraction of sp³-hybridized carbons (Fsp3) is 0.750. The van der Waals surface area contributed by atoms with Crippen LogP contribution in [0.3, 0.4) is 0 Å². The number of thiophene rings is 1. The molecule has 0 aromatic carbocycles. The average molecular weight is 452 g/mol. The molecule has 1 aromatic heterocycles. The van der Waals surface area contributed by atoms with E-state index in [1.165, 1.54) is 11.3 Å². The van der Waals surface area contributed by atoms with Crippen molar-refractivity contribution in [1.29, 1.82) is 0 Å². The van der Waals surface area contributed by atoms with Gasteiger partial charge >= 0.3 is 5.97 Å². The lowest BCUT2D eigenvalue weighted by molar-refractivity contribution is -0.123. The fourth-order valence-electron chi connectivity index (χ4n) is 4.94. The largest absolute Gasteiger partial charge is 0.477 e. The van der Waals surface area contributed by atoms with Crippen LogP contribution in [0.2, 0.25) is 0 Å². The zero-order valence-electron chi connectivity index (χ0n) is 18.8. The van der Waals surface area contributed by atoms with E-state index in [2.05, 4.69) is 6.92 Å². The number of amides is 1. The molecule has 3 rings (SSSR count). The van der Waals surface area contributed by atoms with E-state index in [1.54, 1.807) is 11.8 Å². The summed E-state index contributed by atoms with van der Waals surface area (Å²) in [6.45, 7) is 4.38. The highest BCUT2D eigenvalue weighted by atomic mass is 32.1. The van der Waals surface area contributed by atoms with Gasteiger partial charge in [-0.2, -0.15) is 0 Å². The topological polar surface area (TPSA) is 98.1 Å². The van der Waals surface area contributed by atoms with Crippen LogP contribution in [0.15, 0.2) is 6.07 Å². The summed E-state index contributed by atoms with van der Waals surface area (Å²) in [5.41, 5.74) is 0.521. The van der Waals surface area contributed by atoms with Crippen LogP contribution < -0.4 is 4.90 Å². The molecule has 3 N–H and O–H groups in total. The van der Waals surface area contributed by atoms with Crippen LogP contribution in [0.1, 0.15) is 98.5 Å². The summed E-state index contributed by atoms with van der Waals surface area (Å²) in [6, 6.07) is 1.92. The number of carboxylic acid groups (broad SMARTS) is 1. The highest BCUT2D eigenvalue weighted by molar-refractivity contribution is 7.14. The Morgan fingerprint density at radius 2 is 1.77 bits per heavy atom. The standard InChI is InChI=1S/C24H37NO5S/c1-15-5-7-18(8-6-15)23(28)25(13-3-4-16(2)26)20-14-21(31-22(20)24(29)30)17-9-11-19(27)12-10-17/h14-19,26-27H,3-13H2,1-2H3,(H,29,30). The highest BCUT2D eigenvalue weighted by Gasteiger charge is 2.33. The van der Waals surface area contributed by atoms with Crippen LogP contribution in [0.4, 0.5) is 5.69 Å². The van der Waals surface area contributed by atoms with Gasteiger partial charge in [0.15, 0.2) is 0 Å². The van der Waals surface area contributed by atoms with Gasteiger partial charge in [-0.25, -0.2) is 4.79 Å². The Morgan fingerprint density at radius 3 is 2.35 bits per heavy atom. The normalized spacial score (nSPS) is 27.6. The Morgan fingerprint density at radius 1 is 1.13 bits per heavy atom. The van der Waals surface area contributed by atoms with Crippen LogP contribution in [-0.4, -0.2) is 45.9 Å². The summed E-state index contributed by atoms with van der Waals surface area (Å²) < 4.78 is 0. The number of carbonyl (C=O) groups is 2. The Labute approximate surface area is 189 Å². The first kappa shape index (κ1) is 24.2. The van der Waals surface area contributed by atoms with Crippen molar-refractivity contribution in [2.75, 3.05) is 11.4 Å². The fourth-order valence-corrected chi connectivity index (χ4v) is 6.11. The van der Waals surface area contributed by atoms with E-state index in [0.717, 1.165) is 56.2 Å². The molecule has 2 aliphatic rings. The van der Waals surface area contributed by atoms with Gasteiger partial charge in [0, 0.05) is 17.3 Å². The summed E-state index contributed by atoms with van der Waals surface area (Å²) in [4.78, 5) is 28.6. The number of carboxylic acids is 1. The van der Waals surface area contributed by atoms with E-state index < -0.39 is 12.1 Å². The maximum Gasteiger partial charge on any atom is 0.348 e. The molecule has 0 saturated heterocycles. The lowest BCUT2D eigenvalue weighted by Crippen LogP contribution is -2.39. The Bertz CT molecular complexity index is 745. The third-order valence-corrected chi connectivity index (χ3v) is 8.23. The van der Waals surface area contributed by atoms with Crippen LogP contribution in [-0.2, 0) is 4.79 Å². The molecular formula is C24H37NO5S. The van der Waals surface area contributed by atoms with Gasteiger partial charge < -0.3 is 20.2 Å². The third kappa shape index (κ3) is 6.30. The lowest BCUT2D eigenvalue weighted by atomic mass is 9.82. The summed E-state index contributed by atoms with van der Waals surface area (Å²) in [5.74, 6) is -0.143. The SMILES string of the molecule is CC(O)CCCN(C(=O)C1CCC(C)CC1)c1cc(C2CCC(O)CC2)sc1C(=O)O. The van der Waals surface area contributed by atoms with Crippen molar-refractivity contribution in [1.82, 2.24) is 0 Å². The van der Waals surface area contributed by atoms with Crippen molar-refractivity contribution in [2.24, 2.45) is 11.8 Å². The van der Waals surface area contributed by atoms with E-state index >= 15 is 0 Å². The Balaban J connectivity index is 1.87. The van der Waals surface area contributed by atoms with Gasteiger partial charge in [0.05, 0.1) is 17.9 Å². The van der Waals surface area contributed by atoms with Crippen LogP contribution >= 0.6 is 11.3 Å². The molecule has 7 heteroatoms. The summed E-state index contributed by atoms with van der Waals surface area (Å²) in [5, 5.41) is 29.4. The predicted molar refractivity (Wildman–Crippen MR) is 123 cm³/mol. The molecule has 1 heterocycles. The molecule has 1 amide bonds. The van der Waals surface area contributed by atoms with Crippen molar-refractivity contribution in [3.05, 3.63) is 15.8 Å². The van der Waals surface area contributed by atoms with Crippen molar-refractivity contribution < 1.29 is 24.9 Å². The third-order valence-electron chi connectivity index (χ3n) is 6.95. The molecule has 1 atom stereocenters. The highest BCUT2D eigenvalue weighted by Crippen LogP contribution is 2.42. The number of nitrogens with zero attached hydrogens (tertiary/aromatic N) is 1. The quantitative estimate of drug-likeness (QED) is 0.528. The number of hydrogen-bond acceptors (Lipinski definition) is 5. The molecule has 31 heavy (non-hydrogen) atoms. The first-order valence-electron chi connectivity index (χ1n) is 11.8. The van der Waals surface area contributed by atoms with Crippen molar-refractivity contribution >= 4 is 28.9 Å². The van der Waals surface area contributed by atoms with Gasteiger partial charge in [-0.15, -0.1) is 11.3 Å². The second-order valence-electron chi connectivity index (χ2n) is 9.61. The first-order valence-corrected chi connectivity index (χ1v) is 12.6. The molecule has 0 spiro atoms. The van der Waals surface area contributed by atoms with Crippen LogP contribution in [0.5, 0.6) is 0 Å².